The van der Waals surface area contributed by atoms with Crippen molar-refractivity contribution in [1.82, 2.24) is 10.2 Å². The normalized spacial score (nSPS) is 12.5. The van der Waals surface area contributed by atoms with Gasteiger partial charge in [-0.05, 0) is 82.1 Å². The number of rotatable bonds is 9. The van der Waals surface area contributed by atoms with Crippen LogP contribution < -0.4 is 9.62 Å². The summed E-state index contributed by atoms with van der Waals surface area (Å²) in [6.07, 6.45) is 0. The van der Waals surface area contributed by atoms with E-state index in [4.69, 9.17) is 11.6 Å². The summed E-state index contributed by atoms with van der Waals surface area (Å²) in [6.45, 7) is 8.48. The zero-order chi connectivity index (χ0) is 29.0. The van der Waals surface area contributed by atoms with Crippen LogP contribution in [0.15, 0.2) is 82.2 Å². The number of halogens is 2. The van der Waals surface area contributed by atoms with Crippen molar-refractivity contribution >= 4 is 55.1 Å². The third-order valence-corrected chi connectivity index (χ3v) is 8.70. The molecule has 0 aliphatic rings. The van der Waals surface area contributed by atoms with Gasteiger partial charge in [-0.3, -0.25) is 13.9 Å². The highest BCUT2D eigenvalue weighted by Crippen LogP contribution is 2.31. The van der Waals surface area contributed by atoms with E-state index in [-0.39, 0.29) is 23.0 Å². The molecule has 0 spiro atoms. The summed E-state index contributed by atoms with van der Waals surface area (Å²) in [7, 11) is -4.16. The van der Waals surface area contributed by atoms with Gasteiger partial charge in [0.1, 0.15) is 12.6 Å². The maximum absolute atomic E-state index is 14.0. The highest BCUT2D eigenvalue weighted by molar-refractivity contribution is 9.10. The van der Waals surface area contributed by atoms with Crippen molar-refractivity contribution in [2.75, 3.05) is 10.8 Å². The van der Waals surface area contributed by atoms with Gasteiger partial charge in [-0.25, -0.2) is 8.42 Å². The maximum Gasteiger partial charge on any atom is 0.264 e. The highest BCUT2D eigenvalue weighted by atomic mass is 79.9. The molecule has 0 aliphatic heterocycles. The van der Waals surface area contributed by atoms with Crippen LogP contribution in [-0.4, -0.2) is 43.3 Å². The predicted octanol–water partition coefficient (Wildman–Crippen LogP) is 5.94. The molecule has 2 amide bonds. The van der Waals surface area contributed by atoms with E-state index >= 15 is 0 Å². The van der Waals surface area contributed by atoms with Gasteiger partial charge in [0, 0.05) is 21.6 Å². The van der Waals surface area contributed by atoms with Crippen LogP contribution in [0.4, 0.5) is 5.69 Å². The molecule has 208 valence electrons. The van der Waals surface area contributed by atoms with Gasteiger partial charge in [0.25, 0.3) is 10.0 Å². The lowest BCUT2D eigenvalue weighted by atomic mass is 10.1. The van der Waals surface area contributed by atoms with E-state index in [1.165, 1.54) is 17.0 Å². The first-order chi connectivity index (χ1) is 18.2. The van der Waals surface area contributed by atoms with E-state index in [1.807, 2.05) is 45.0 Å². The van der Waals surface area contributed by atoms with Crippen LogP contribution in [0.3, 0.4) is 0 Å². The van der Waals surface area contributed by atoms with Gasteiger partial charge < -0.3 is 10.2 Å². The van der Waals surface area contributed by atoms with Crippen LogP contribution in [0.5, 0.6) is 0 Å². The van der Waals surface area contributed by atoms with Crippen LogP contribution in [-0.2, 0) is 26.2 Å². The molecular weight excluding hydrogens is 602 g/mol. The summed E-state index contributed by atoms with van der Waals surface area (Å²) < 4.78 is 29.6. The smallest absolute Gasteiger partial charge is 0.264 e. The number of anilines is 1. The van der Waals surface area contributed by atoms with Gasteiger partial charge >= 0.3 is 0 Å². The first kappa shape index (κ1) is 30.7. The number of nitrogens with zero attached hydrogens (tertiary/aromatic N) is 2. The van der Waals surface area contributed by atoms with Crippen molar-refractivity contribution in [3.05, 3.63) is 93.4 Å². The number of amides is 2. The molecule has 1 N–H and O–H groups in total. The molecule has 10 heteroatoms. The minimum absolute atomic E-state index is 0.0363. The van der Waals surface area contributed by atoms with Crippen LogP contribution in [0.2, 0.25) is 5.02 Å². The molecule has 3 aromatic carbocycles. The number of carbonyl (C=O) groups excluding carboxylic acids is 2. The number of hydrogen-bond donors (Lipinski definition) is 1. The second-order valence-corrected chi connectivity index (χ2v) is 13.5. The van der Waals surface area contributed by atoms with Gasteiger partial charge in [-0.15, -0.1) is 0 Å². The second kappa shape index (κ2) is 12.5. The molecule has 0 bridgehead atoms. The molecule has 0 saturated carbocycles. The Hall–Kier alpha value is -2.88. The minimum Gasteiger partial charge on any atom is -0.350 e. The fourth-order valence-corrected chi connectivity index (χ4v) is 6.10. The summed E-state index contributed by atoms with van der Waals surface area (Å²) in [5, 5.41) is 3.29. The topological polar surface area (TPSA) is 86.8 Å². The third-order valence-electron chi connectivity index (χ3n) is 6.03. The van der Waals surface area contributed by atoms with E-state index in [2.05, 4.69) is 21.2 Å². The maximum atomic E-state index is 14.0. The number of hydrogen-bond acceptors (Lipinski definition) is 4. The molecule has 3 aromatic rings. The molecular formula is C29H33BrClN3O4S. The fourth-order valence-electron chi connectivity index (χ4n) is 3.99. The zero-order valence-electron chi connectivity index (χ0n) is 22.6. The molecule has 0 radical (unpaired) electrons. The average molecular weight is 635 g/mol. The molecule has 0 aliphatic carbocycles. The van der Waals surface area contributed by atoms with E-state index in [1.54, 1.807) is 50.2 Å². The van der Waals surface area contributed by atoms with Gasteiger partial charge in [0.15, 0.2) is 0 Å². The van der Waals surface area contributed by atoms with Crippen LogP contribution in [0.25, 0.3) is 0 Å². The van der Waals surface area contributed by atoms with Gasteiger partial charge in [-0.2, -0.15) is 0 Å². The summed E-state index contributed by atoms with van der Waals surface area (Å²) in [6, 6.07) is 19.4. The summed E-state index contributed by atoms with van der Waals surface area (Å²) in [5.74, 6) is -0.882. The molecule has 0 heterocycles. The largest absolute Gasteiger partial charge is 0.350 e. The number of nitrogens with one attached hydrogen (secondary N) is 1. The third kappa shape index (κ3) is 7.84. The van der Waals surface area contributed by atoms with Crippen molar-refractivity contribution in [1.29, 1.82) is 0 Å². The standard InChI is InChI=1S/C29H33BrClN3O4S/c1-20-25(31)15-10-16-26(20)34(39(37,38)24-13-7-6-8-14-24)19-27(35)33(18-22-11-9-12-23(30)17-22)21(2)28(36)32-29(3,4)5/h6-17,21H,18-19H2,1-5H3,(H,32,36)/t21-/m0/s1. The van der Waals surface area contributed by atoms with Gasteiger partial charge in [0.05, 0.1) is 10.6 Å². The quantitative estimate of drug-likeness (QED) is 0.316. The average Bonchev–Trinajstić information content (AvgIpc) is 2.86. The molecule has 3 rings (SSSR count). The monoisotopic (exact) mass is 633 g/mol. The Morgan fingerprint density at radius 1 is 1.00 bits per heavy atom. The van der Waals surface area contributed by atoms with Gasteiger partial charge in [-0.1, -0.05) is 63.9 Å². The van der Waals surface area contributed by atoms with Crippen molar-refractivity contribution < 1.29 is 18.0 Å². The Bertz CT molecular complexity index is 1440. The lowest BCUT2D eigenvalue weighted by Crippen LogP contribution is -2.54. The zero-order valence-corrected chi connectivity index (χ0v) is 25.8. The molecule has 0 saturated heterocycles. The molecule has 0 unspecified atom stereocenters. The Morgan fingerprint density at radius 2 is 1.64 bits per heavy atom. The van der Waals surface area contributed by atoms with Crippen LogP contribution >= 0.6 is 27.5 Å². The van der Waals surface area contributed by atoms with Gasteiger partial charge in [0.2, 0.25) is 11.8 Å². The van der Waals surface area contributed by atoms with Crippen molar-refractivity contribution in [3.63, 3.8) is 0 Å². The van der Waals surface area contributed by atoms with Crippen molar-refractivity contribution in [3.8, 4) is 0 Å². The number of benzene rings is 3. The lowest BCUT2D eigenvalue weighted by molar-refractivity contribution is -0.140. The molecule has 0 fully saturated rings. The highest BCUT2D eigenvalue weighted by Gasteiger charge is 2.34. The Morgan fingerprint density at radius 3 is 2.26 bits per heavy atom. The van der Waals surface area contributed by atoms with Crippen molar-refractivity contribution in [2.24, 2.45) is 0 Å². The summed E-state index contributed by atoms with van der Waals surface area (Å²) in [5.41, 5.74) is 1.07. The molecule has 1 atom stereocenters. The van der Waals surface area contributed by atoms with Crippen LogP contribution in [0.1, 0.15) is 38.8 Å². The lowest BCUT2D eigenvalue weighted by Gasteiger charge is -2.34. The van der Waals surface area contributed by atoms with E-state index in [9.17, 15) is 18.0 Å². The number of sulfonamides is 1. The predicted molar refractivity (Wildman–Crippen MR) is 159 cm³/mol. The summed E-state index contributed by atoms with van der Waals surface area (Å²) in [4.78, 5) is 28.6. The minimum atomic E-state index is -4.16. The Labute approximate surface area is 244 Å². The SMILES string of the molecule is Cc1c(Cl)cccc1N(CC(=O)N(Cc1cccc(Br)c1)[C@@H](C)C(=O)NC(C)(C)C)S(=O)(=O)c1ccccc1. The molecule has 7 nitrogen and oxygen atoms in total. The Kier molecular flexibility index (Phi) is 9.85. The Balaban J connectivity index is 2.07. The van der Waals surface area contributed by atoms with Crippen LogP contribution in [0, 0.1) is 6.92 Å². The van der Waals surface area contributed by atoms with E-state index in [0.29, 0.717) is 10.6 Å². The molecule has 39 heavy (non-hydrogen) atoms. The number of carbonyl (C=O) groups is 2. The van der Waals surface area contributed by atoms with E-state index in [0.717, 1.165) is 14.3 Å². The first-order valence-electron chi connectivity index (χ1n) is 12.4. The second-order valence-electron chi connectivity index (χ2n) is 10.3. The first-order valence-corrected chi connectivity index (χ1v) is 15.0. The fraction of sp³-hybridized carbons (Fsp3) is 0.310. The molecule has 0 aromatic heterocycles. The summed E-state index contributed by atoms with van der Waals surface area (Å²) >= 11 is 9.80. The van der Waals surface area contributed by atoms with Crippen molar-refractivity contribution in [2.45, 2.75) is 57.6 Å². The van der Waals surface area contributed by atoms with E-state index < -0.39 is 34.1 Å².